The molecule has 2 atom stereocenters. The number of nitro groups is 1. The highest BCUT2D eigenvalue weighted by Gasteiger charge is 2.57. The van der Waals surface area contributed by atoms with Gasteiger partial charge in [0.15, 0.2) is 11.5 Å². The van der Waals surface area contributed by atoms with Gasteiger partial charge in [0.1, 0.15) is 0 Å². The number of carbonyl (C=O) groups is 1. The van der Waals surface area contributed by atoms with Gasteiger partial charge in [0, 0.05) is 11.3 Å². The van der Waals surface area contributed by atoms with Gasteiger partial charge in [-0.2, -0.15) is 0 Å². The van der Waals surface area contributed by atoms with Gasteiger partial charge in [0.05, 0.1) is 12.3 Å². The summed E-state index contributed by atoms with van der Waals surface area (Å²) in [4.78, 5) is 24.0. The first-order valence-corrected chi connectivity index (χ1v) is 7.23. The van der Waals surface area contributed by atoms with Gasteiger partial charge >= 0.3 is 0 Å². The van der Waals surface area contributed by atoms with Crippen molar-refractivity contribution in [1.29, 1.82) is 0 Å². The van der Waals surface area contributed by atoms with Crippen LogP contribution >= 0.6 is 0 Å². The molecule has 0 spiro atoms. The third-order valence-electron chi connectivity index (χ3n) is 4.95. The Balaban J connectivity index is 1.90. The zero-order valence-electron chi connectivity index (χ0n) is 11.5. The van der Waals surface area contributed by atoms with E-state index in [1.165, 1.54) is 0 Å². The van der Waals surface area contributed by atoms with Crippen LogP contribution in [-0.4, -0.2) is 23.0 Å². The Bertz CT molecular complexity index is 656. The van der Waals surface area contributed by atoms with Gasteiger partial charge in [0.25, 0.3) is 5.54 Å². The quantitative estimate of drug-likeness (QED) is 0.585. The van der Waals surface area contributed by atoms with Gasteiger partial charge in [-0.25, -0.2) is 0 Å². The number of nitrogens with zero attached hydrogens (tertiary/aromatic N) is 1. The molecule has 1 fully saturated rings. The molecule has 0 radical (unpaired) electrons. The van der Waals surface area contributed by atoms with E-state index >= 15 is 0 Å². The van der Waals surface area contributed by atoms with Crippen molar-refractivity contribution in [2.24, 2.45) is 0 Å². The van der Waals surface area contributed by atoms with Crippen molar-refractivity contribution in [2.45, 2.75) is 43.6 Å². The maximum atomic E-state index is 12.7. The maximum Gasteiger partial charge on any atom is 0.283 e. The van der Waals surface area contributed by atoms with Crippen LogP contribution in [0.2, 0.25) is 0 Å². The van der Waals surface area contributed by atoms with E-state index in [1.807, 2.05) is 12.1 Å². The first-order valence-electron chi connectivity index (χ1n) is 7.23. The Morgan fingerprint density at radius 2 is 2.00 bits per heavy atom. The highest BCUT2D eigenvalue weighted by Crippen LogP contribution is 2.47. The van der Waals surface area contributed by atoms with Gasteiger partial charge in [-0.1, -0.05) is 6.42 Å². The van der Waals surface area contributed by atoms with Crippen molar-refractivity contribution in [3.8, 4) is 11.5 Å². The number of rotatable bonds is 1. The number of carbonyl (C=O) groups excluding carboxylic acids is 1. The normalized spacial score (nSPS) is 29.7. The lowest BCUT2D eigenvalue weighted by molar-refractivity contribution is -0.553. The average Bonchev–Trinajstić information content (AvgIpc) is 2.86. The van der Waals surface area contributed by atoms with Crippen LogP contribution < -0.4 is 9.47 Å². The SMILES string of the molecule is O=C1[C@H]2CCCC[C@]1([N+](=O)[O-])Cc1cc3c(cc12)OCO3. The fourth-order valence-electron chi connectivity index (χ4n) is 3.85. The number of fused-ring (bicyclic) bond motifs is 5. The second-order valence-electron chi connectivity index (χ2n) is 6.03. The van der Waals surface area contributed by atoms with E-state index in [9.17, 15) is 14.9 Å². The van der Waals surface area contributed by atoms with E-state index < -0.39 is 5.54 Å². The Hall–Kier alpha value is -2.11. The van der Waals surface area contributed by atoms with Crippen LogP contribution in [0.25, 0.3) is 0 Å². The first kappa shape index (κ1) is 12.6. The maximum absolute atomic E-state index is 12.7. The molecule has 1 aromatic carbocycles. The molecule has 1 saturated carbocycles. The largest absolute Gasteiger partial charge is 0.454 e. The van der Waals surface area contributed by atoms with Crippen LogP contribution in [0.15, 0.2) is 12.1 Å². The lowest BCUT2D eigenvalue weighted by Gasteiger charge is -2.32. The molecule has 1 aromatic rings. The molecule has 21 heavy (non-hydrogen) atoms. The van der Waals surface area contributed by atoms with Gasteiger partial charge in [-0.05, 0) is 36.1 Å². The van der Waals surface area contributed by atoms with E-state index in [0.717, 1.165) is 24.0 Å². The molecular weight excluding hydrogens is 274 g/mol. The molecule has 0 aromatic heterocycles. The second kappa shape index (κ2) is 4.19. The predicted octanol–water partition coefficient (Wildman–Crippen LogP) is 2.21. The number of hydrogen-bond donors (Lipinski definition) is 0. The van der Waals surface area contributed by atoms with Gasteiger partial charge < -0.3 is 9.47 Å². The summed E-state index contributed by atoms with van der Waals surface area (Å²) in [7, 11) is 0. The molecule has 4 rings (SSSR count). The van der Waals surface area contributed by atoms with Crippen LogP contribution in [0.4, 0.5) is 0 Å². The van der Waals surface area contributed by atoms with Crippen molar-refractivity contribution in [1.82, 2.24) is 0 Å². The number of benzene rings is 1. The number of ether oxygens (including phenoxy) is 2. The van der Waals surface area contributed by atoms with Crippen molar-refractivity contribution >= 4 is 5.78 Å². The molecule has 0 unspecified atom stereocenters. The predicted molar refractivity (Wildman–Crippen MR) is 72.2 cm³/mol. The Morgan fingerprint density at radius 1 is 1.24 bits per heavy atom. The van der Waals surface area contributed by atoms with Gasteiger partial charge in [0.2, 0.25) is 12.6 Å². The number of Topliss-reactive ketones (excluding diaryl/α,β-unsaturated/α-hetero) is 1. The van der Waals surface area contributed by atoms with Crippen molar-refractivity contribution in [3.63, 3.8) is 0 Å². The van der Waals surface area contributed by atoms with Crippen LogP contribution in [0.3, 0.4) is 0 Å². The van der Waals surface area contributed by atoms with Crippen LogP contribution in [0, 0.1) is 10.1 Å². The lowest BCUT2D eigenvalue weighted by Crippen LogP contribution is -2.52. The van der Waals surface area contributed by atoms with Crippen LogP contribution in [0.5, 0.6) is 11.5 Å². The topological polar surface area (TPSA) is 78.7 Å². The smallest absolute Gasteiger partial charge is 0.283 e. The molecule has 0 N–H and O–H groups in total. The van der Waals surface area contributed by atoms with Crippen LogP contribution in [0.1, 0.15) is 42.7 Å². The highest BCUT2D eigenvalue weighted by atomic mass is 16.7. The number of ketones is 1. The minimum absolute atomic E-state index is 0.164. The summed E-state index contributed by atoms with van der Waals surface area (Å²) in [6.45, 7) is 0.164. The minimum atomic E-state index is -1.44. The van der Waals surface area contributed by atoms with Crippen molar-refractivity contribution < 1.29 is 19.2 Å². The summed E-state index contributed by atoms with van der Waals surface area (Å²) in [6, 6.07) is 3.66. The monoisotopic (exact) mass is 289 g/mol. The standard InChI is InChI=1S/C15H15NO5/c17-14-10-3-1-2-4-15(14,16(18)19)7-9-5-12-13(6-11(9)10)21-8-20-12/h5-6,10H,1-4,7-8H2/t10-,15-/m0/s1. The molecular formula is C15H15NO5. The molecule has 0 saturated heterocycles. The van der Waals surface area contributed by atoms with Crippen molar-refractivity contribution in [3.05, 3.63) is 33.4 Å². The number of hydrogen-bond acceptors (Lipinski definition) is 5. The molecule has 6 nitrogen and oxygen atoms in total. The van der Waals surface area contributed by atoms with Crippen molar-refractivity contribution in [2.75, 3.05) is 6.79 Å². The molecule has 2 aliphatic carbocycles. The third-order valence-corrected chi connectivity index (χ3v) is 4.95. The summed E-state index contributed by atoms with van der Waals surface area (Å²) in [6.07, 6.45) is 2.76. The molecule has 3 aliphatic rings. The molecule has 1 heterocycles. The van der Waals surface area contributed by atoms with E-state index in [2.05, 4.69) is 0 Å². The zero-order valence-corrected chi connectivity index (χ0v) is 11.5. The summed E-state index contributed by atoms with van der Waals surface area (Å²) >= 11 is 0. The summed E-state index contributed by atoms with van der Waals surface area (Å²) < 4.78 is 10.7. The summed E-state index contributed by atoms with van der Waals surface area (Å²) in [5, 5.41) is 11.6. The Labute approximate surface area is 121 Å². The third kappa shape index (κ3) is 1.61. The fourth-order valence-corrected chi connectivity index (χ4v) is 3.85. The fraction of sp³-hybridized carbons (Fsp3) is 0.533. The summed E-state index contributed by atoms with van der Waals surface area (Å²) in [5.41, 5.74) is 0.313. The van der Waals surface area contributed by atoms with Crippen LogP contribution in [-0.2, 0) is 11.2 Å². The Kier molecular flexibility index (Phi) is 2.52. The highest BCUT2D eigenvalue weighted by molar-refractivity contribution is 5.95. The first-order chi connectivity index (χ1) is 10.1. The molecule has 0 amide bonds. The second-order valence-corrected chi connectivity index (χ2v) is 6.03. The van der Waals surface area contributed by atoms with E-state index in [4.69, 9.17) is 9.47 Å². The lowest BCUT2D eigenvalue weighted by atomic mass is 9.70. The molecule has 1 aliphatic heterocycles. The average molecular weight is 289 g/mol. The van der Waals surface area contributed by atoms with Gasteiger partial charge in [-0.15, -0.1) is 0 Å². The zero-order chi connectivity index (χ0) is 14.6. The van der Waals surface area contributed by atoms with E-state index in [1.54, 1.807) is 0 Å². The molecule has 6 heteroatoms. The Morgan fingerprint density at radius 3 is 2.76 bits per heavy atom. The van der Waals surface area contributed by atoms with E-state index in [-0.39, 0.29) is 29.8 Å². The molecule has 2 bridgehead atoms. The van der Waals surface area contributed by atoms with E-state index in [0.29, 0.717) is 24.3 Å². The minimum Gasteiger partial charge on any atom is -0.454 e. The summed E-state index contributed by atoms with van der Waals surface area (Å²) in [5.74, 6) is 0.658. The van der Waals surface area contributed by atoms with Gasteiger partial charge in [-0.3, -0.25) is 14.9 Å². The molecule has 110 valence electrons.